The monoisotopic (exact) mass is 237 g/mol. The topological polar surface area (TPSA) is 12.0 Å². The molecule has 3 heteroatoms. The number of hydrogen-bond donors (Lipinski definition) is 1. The van der Waals surface area contributed by atoms with Crippen LogP contribution in [0.4, 0.5) is 8.78 Å². The zero-order valence-electron chi connectivity index (χ0n) is 9.97. The summed E-state index contributed by atoms with van der Waals surface area (Å²) in [5.41, 5.74) is 0.540. The minimum Gasteiger partial charge on any atom is -0.314 e. The van der Waals surface area contributed by atoms with Crippen LogP contribution in [0.15, 0.2) is 18.2 Å². The van der Waals surface area contributed by atoms with Gasteiger partial charge in [-0.2, -0.15) is 0 Å². The molecule has 1 saturated carbocycles. The second-order valence-electron chi connectivity index (χ2n) is 4.51. The number of rotatable bonds is 5. The molecule has 2 rings (SSSR count). The smallest absolute Gasteiger partial charge is 0.136 e. The minimum atomic E-state index is -0.500. The summed E-state index contributed by atoms with van der Waals surface area (Å²) in [5.74, 6) is -0.962. The summed E-state index contributed by atoms with van der Waals surface area (Å²) in [5, 5.41) is 3.34. The van der Waals surface area contributed by atoms with Crippen molar-refractivity contribution in [2.24, 2.45) is 0 Å². The maximum absolute atomic E-state index is 13.6. The van der Waals surface area contributed by atoms with Crippen LogP contribution in [0.25, 0.3) is 6.08 Å². The largest absolute Gasteiger partial charge is 0.314 e. The molecule has 17 heavy (non-hydrogen) atoms. The van der Waals surface area contributed by atoms with Gasteiger partial charge < -0.3 is 5.32 Å². The van der Waals surface area contributed by atoms with E-state index in [1.165, 1.54) is 31.1 Å². The first kappa shape index (κ1) is 12.2. The second kappa shape index (κ2) is 5.41. The van der Waals surface area contributed by atoms with Crippen LogP contribution in [0, 0.1) is 18.6 Å². The molecule has 92 valence electrons. The van der Waals surface area contributed by atoms with E-state index in [-0.39, 0.29) is 5.56 Å². The summed E-state index contributed by atoms with van der Waals surface area (Å²) in [4.78, 5) is 0. The van der Waals surface area contributed by atoms with Crippen LogP contribution in [0.5, 0.6) is 0 Å². The summed E-state index contributed by atoms with van der Waals surface area (Å²) in [6.07, 6.45) is 6.65. The van der Waals surface area contributed by atoms with Gasteiger partial charge in [0.05, 0.1) is 0 Å². The molecule has 0 amide bonds. The van der Waals surface area contributed by atoms with E-state index in [0.717, 1.165) is 13.0 Å². The zero-order valence-corrected chi connectivity index (χ0v) is 9.97. The summed E-state index contributed by atoms with van der Waals surface area (Å²) >= 11 is 0. The molecule has 0 unspecified atom stereocenters. The lowest BCUT2D eigenvalue weighted by Crippen LogP contribution is -2.16. The van der Waals surface area contributed by atoms with Gasteiger partial charge in [0.15, 0.2) is 0 Å². The third-order valence-corrected chi connectivity index (χ3v) is 2.93. The highest BCUT2D eigenvalue weighted by atomic mass is 19.1. The highest BCUT2D eigenvalue weighted by Gasteiger charge is 2.19. The van der Waals surface area contributed by atoms with E-state index in [2.05, 4.69) is 5.32 Å². The first-order valence-corrected chi connectivity index (χ1v) is 6.03. The molecule has 0 atom stereocenters. The average molecular weight is 237 g/mol. The maximum atomic E-state index is 13.6. The van der Waals surface area contributed by atoms with Crippen LogP contribution in [-0.4, -0.2) is 12.6 Å². The van der Waals surface area contributed by atoms with E-state index in [4.69, 9.17) is 0 Å². The van der Waals surface area contributed by atoms with Gasteiger partial charge >= 0.3 is 0 Å². The number of benzene rings is 1. The van der Waals surface area contributed by atoms with Crippen molar-refractivity contribution in [3.05, 3.63) is 41.0 Å². The maximum Gasteiger partial charge on any atom is 0.136 e. The molecule has 1 N–H and O–H groups in total. The van der Waals surface area contributed by atoms with Gasteiger partial charge in [-0.1, -0.05) is 18.2 Å². The van der Waals surface area contributed by atoms with Gasteiger partial charge in [-0.25, -0.2) is 8.78 Å². The van der Waals surface area contributed by atoms with Crippen molar-refractivity contribution in [3.63, 3.8) is 0 Å². The van der Waals surface area contributed by atoms with Gasteiger partial charge in [-0.15, -0.1) is 0 Å². The summed E-state index contributed by atoms with van der Waals surface area (Å²) in [7, 11) is 0. The Hall–Kier alpha value is -1.22. The van der Waals surface area contributed by atoms with Crippen LogP contribution < -0.4 is 5.32 Å². The molecule has 0 aliphatic heterocycles. The standard InChI is InChI=1S/C14H17F2N/c1-10-5-8-13(15)12(14(10)16)4-2-3-9-17-11-6-7-11/h2,4-5,8,11,17H,3,6-7,9H2,1H3/b4-2+. The molecule has 1 aliphatic carbocycles. The van der Waals surface area contributed by atoms with Crippen molar-refractivity contribution in [3.8, 4) is 0 Å². The predicted molar refractivity (Wildman–Crippen MR) is 65.8 cm³/mol. The van der Waals surface area contributed by atoms with Gasteiger partial charge in [-0.3, -0.25) is 0 Å². The molecule has 1 fully saturated rings. The Morgan fingerprint density at radius 3 is 2.82 bits per heavy atom. The lowest BCUT2D eigenvalue weighted by Gasteiger charge is -2.02. The molecule has 1 nitrogen and oxygen atoms in total. The van der Waals surface area contributed by atoms with Gasteiger partial charge in [0, 0.05) is 11.6 Å². The van der Waals surface area contributed by atoms with E-state index in [0.29, 0.717) is 11.6 Å². The fraction of sp³-hybridized carbons (Fsp3) is 0.429. The first-order valence-electron chi connectivity index (χ1n) is 6.03. The SMILES string of the molecule is Cc1ccc(F)c(/C=C/CCNC2CC2)c1F. The fourth-order valence-electron chi connectivity index (χ4n) is 1.69. The number of halogens is 2. The normalized spacial score (nSPS) is 15.7. The second-order valence-corrected chi connectivity index (χ2v) is 4.51. The molecule has 0 saturated heterocycles. The molecule has 0 aromatic heterocycles. The Morgan fingerprint density at radius 1 is 1.35 bits per heavy atom. The molecule has 0 heterocycles. The van der Waals surface area contributed by atoms with Crippen molar-refractivity contribution in [1.29, 1.82) is 0 Å². The molecule has 1 aromatic rings. The van der Waals surface area contributed by atoms with E-state index >= 15 is 0 Å². The quantitative estimate of drug-likeness (QED) is 0.774. The lowest BCUT2D eigenvalue weighted by atomic mass is 10.1. The van der Waals surface area contributed by atoms with Gasteiger partial charge in [0.2, 0.25) is 0 Å². The van der Waals surface area contributed by atoms with Crippen LogP contribution >= 0.6 is 0 Å². The van der Waals surface area contributed by atoms with Crippen LogP contribution in [-0.2, 0) is 0 Å². The average Bonchev–Trinajstić information content (AvgIpc) is 3.11. The van der Waals surface area contributed by atoms with Gasteiger partial charge in [0.1, 0.15) is 11.6 Å². The number of hydrogen-bond acceptors (Lipinski definition) is 1. The van der Waals surface area contributed by atoms with Crippen LogP contribution in [0.3, 0.4) is 0 Å². The van der Waals surface area contributed by atoms with Gasteiger partial charge in [-0.05, 0) is 44.4 Å². The lowest BCUT2D eigenvalue weighted by molar-refractivity contribution is 0.572. The highest BCUT2D eigenvalue weighted by Crippen LogP contribution is 2.19. The van der Waals surface area contributed by atoms with Gasteiger partial charge in [0.25, 0.3) is 0 Å². The minimum absolute atomic E-state index is 0.0661. The Bertz CT molecular complexity index is 422. The molecule has 1 aromatic carbocycles. The Labute approximate surface area is 101 Å². The summed E-state index contributed by atoms with van der Waals surface area (Å²) in [6.45, 7) is 2.51. The number of nitrogens with one attached hydrogen (secondary N) is 1. The third kappa shape index (κ3) is 3.37. The van der Waals surface area contributed by atoms with Crippen molar-refractivity contribution >= 4 is 6.08 Å². The Balaban J connectivity index is 1.92. The molecule has 0 spiro atoms. The van der Waals surface area contributed by atoms with Crippen molar-refractivity contribution < 1.29 is 8.78 Å². The molecular formula is C14H17F2N. The van der Waals surface area contributed by atoms with Crippen molar-refractivity contribution in [2.75, 3.05) is 6.54 Å². The van der Waals surface area contributed by atoms with Crippen LogP contribution in [0.1, 0.15) is 30.4 Å². The zero-order chi connectivity index (χ0) is 12.3. The van der Waals surface area contributed by atoms with E-state index in [1.807, 2.05) is 6.08 Å². The molecule has 1 aliphatic rings. The molecular weight excluding hydrogens is 220 g/mol. The Kier molecular flexibility index (Phi) is 3.89. The highest BCUT2D eigenvalue weighted by molar-refractivity contribution is 5.52. The first-order chi connectivity index (χ1) is 8.18. The molecule has 0 bridgehead atoms. The summed E-state index contributed by atoms with van der Waals surface area (Å²) in [6, 6.07) is 3.44. The third-order valence-electron chi connectivity index (χ3n) is 2.93. The number of aryl methyl sites for hydroxylation is 1. The van der Waals surface area contributed by atoms with E-state index < -0.39 is 11.6 Å². The Morgan fingerprint density at radius 2 is 2.12 bits per heavy atom. The van der Waals surface area contributed by atoms with E-state index in [1.54, 1.807) is 6.92 Å². The fourth-order valence-corrected chi connectivity index (χ4v) is 1.69. The van der Waals surface area contributed by atoms with E-state index in [9.17, 15) is 8.78 Å². The predicted octanol–water partition coefficient (Wildman–Crippen LogP) is 3.43. The van der Waals surface area contributed by atoms with Crippen LogP contribution in [0.2, 0.25) is 0 Å². The van der Waals surface area contributed by atoms with Crippen molar-refractivity contribution in [1.82, 2.24) is 5.32 Å². The van der Waals surface area contributed by atoms with Crippen molar-refractivity contribution in [2.45, 2.75) is 32.2 Å². The molecule has 0 radical (unpaired) electrons. The summed E-state index contributed by atoms with van der Waals surface area (Å²) < 4.78 is 27.0.